The molecule has 0 atom stereocenters. The van der Waals surface area contributed by atoms with Crippen molar-refractivity contribution in [1.29, 1.82) is 0 Å². The minimum absolute atomic E-state index is 0.257. The lowest BCUT2D eigenvalue weighted by Crippen LogP contribution is -1.79. The molecule has 4 heteroatoms. The van der Waals surface area contributed by atoms with Crippen LogP contribution in [0.5, 0.6) is 0 Å². The fraction of sp³-hybridized carbons (Fsp3) is 0. The molecule has 1 heterocycles. The SMILES string of the molecule is O=c1oc2cccc(Br)c2s1. The van der Waals surface area contributed by atoms with E-state index in [0.29, 0.717) is 5.58 Å². The van der Waals surface area contributed by atoms with Gasteiger partial charge in [-0.2, -0.15) is 0 Å². The Morgan fingerprint density at radius 3 is 3.00 bits per heavy atom. The summed E-state index contributed by atoms with van der Waals surface area (Å²) in [7, 11) is 0. The average Bonchev–Trinajstić information content (AvgIpc) is 2.31. The smallest absolute Gasteiger partial charge is 0.396 e. The molecule has 0 saturated heterocycles. The monoisotopic (exact) mass is 230 g/mol. The van der Waals surface area contributed by atoms with Gasteiger partial charge in [0.15, 0.2) is 5.58 Å². The minimum atomic E-state index is -0.257. The summed E-state index contributed by atoms with van der Waals surface area (Å²) in [6, 6.07) is 5.49. The molecule has 0 aliphatic heterocycles. The Morgan fingerprint density at radius 1 is 1.45 bits per heavy atom. The Bertz CT molecular complexity index is 443. The normalized spacial score (nSPS) is 10.6. The number of rotatable bonds is 0. The lowest BCUT2D eigenvalue weighted by molar-refractivity contribution is 0.585. The molecule has 2 aromatic rings. The molecule has 0 N–H and O–H groups in total. The lowest BCUT2D eigenvalue weighted by Gasteiger charge is -1.87. The number of hydrogen-bond acceptors (Lipinski definition) is 3. The molecule has 0 unspecified atom stereocenters. The van der Waals surface area contributed by atoms with Crippen molar-refractivity contribution in [3.05, 3.63) is 32.4 Å². The van der Waals surface area contributed by atoms with Crippen LogP contribution in [-0.4, -0.2) is 0 Å². The van der Waals surface area contributed by atoms with Gasteiger partial charge in [-0.3, -0.25) is 0 Å². The van der Waals surface area contributed by atoms with Gasteiger partial charge in [0.05, 0.1) is 4.70 Å². The molecule has 56 valence electrons. The average molecular weight is 231 g/mol. The van der Waals surface area contributed by atoms with Crippen LogP contribution in [0.3, 0.4) is 0 Å². The molecule has 0 bridgehead atoms. The molecule has 1 aromatic carbocycles. The first-order valence-corrected chi connectivity index (χ1v) is 4.56. The quantitative estimate of drug-likeness (QED) is 0.697. The molecule has 0 spiro atoms. The van der Waals surface area contributed by atoms with E-state index in [4.69, 9.17) is 4.42 Å². The zero-order valence-corrected chi connectivity index (χ0v) is 7.74. The molecular formula is C7H3BrO2S. The largest absolute Gasteiger partial charge is 0.414 e. The van der Waals surface area contributed by atoms with E-state index in [9.17, 15) is 4.79 Å². The zero-order chi connectivity index (χ0) is 7.84. The second-order valence-corrected chi connectivity index (χ2v) is 3.82. The van der Waals surface area contributed by atoms with Gasteiger partial charge in [0, 0.05) is 4.47 Å². The van der Waals surface area contributed by atoms with Crippen molar-refractivity contribution in [1.82, 2.24) is 0 Å². The molecule has 2 rings (SSSR count). The fourth-order valence-corrected chi connectivity index (χ4v) is 2.13. The molecular weight excluding hydrogens is 228 g/mol. The molecule has 0 aliphatic carbocycles. The zero-order valence-electron chi connectivity index (χ0n) is 5.33. The van der Waals surface area contributed by atoms with Crippen LogP contribution >= 0.6 is 27.3 Å². The standard InChI is InChI=1S/C7H3BrO2S/c8-4-2-1-3-5-6(4)11-7(9)10-5/h1-3H. The Balaban J connectivity index is 3.01. The van der Waals surface area contributed by atoms with Crippen molar-refractivity contribution in [2.75, 3.05) is 0 Å². The predicted molar refractivity (Wildman–Crippen MR) is 48.1 cm³/mol. The van der Waals surface area contributed by atoms with Crippen molar-refractivity contribution in [2.24, 2.45) is 0 Å². The third-order valence-electron chi connectivity index (χ3n) is 1.31. The Hall–Kier alpha value is -0.610. The Morgan fingerprint density at radius 2 is 2.27 bits per heavy atom. The molecule has 11 heavy (non-hydrogen) atoms. The number of halogens is 1. The van der Waals surface area contributed by atoms with E-state index >= 15 is 0 Å². The van der Waals surface area contributed by atoms with Crippen LogP contribution in [0, 0.1) is 0 Å². The highest BCUT2D eigenvalue weighted by atomic mass is 79.9. The molecule has 0 radical (unpaired) electrons. The van der Waals surface area contributed by atoms with Gasteiger partial charge in [-0.05, 0) is 28.1 Å². The molecule has 0 fully saturated rings. The summed E-state index contributed by atoms with van der Waals surface area (Å²) in [5.41, 5.74) is 0.648. The minimum Gasteiger partial charge on any atom is -0.414 e. The van der Waals surface area contributed by atoms with E-state index in [1.54, 1.807) is 6.07 Å². The van der Waals surface area contributed by atoms with Crippen LogP contribution < -0.4 is 4.94 Å². The van der Waals surface area contributed by atoms with E-state index in [1.165, 1.54) is 0 Å². The fourth-order valence-electron chi connectivity index (χ4n) is 0.862. The van der Waals surface area contributed by atoms with E-state index in [1.807, 2.05) is 12.1 Å². The van der Waals surface area contributed by atoms with Crippen molar-refractivity contribution in [2.45, 2.75) is 0 Å². The van der Waals surface area contributed by atoms with E-state index in [0.717, 1.165) is 20.5 Å². The summed E-state index contributed by atoms with van der Waals surface area (Å²) in [5, 5.41) is 0. The van der Waals surface area contributed by atoms with Gasteiger partial charge in [0.1, 0.15) is 0 Å². The van der Waals surface area contributed by atoms with Crippen molar-refractivity contribution in [3.8, 4) is 0 Å². The lowest BCUT2D eigenvalue weighted by atomic mass is 10.3. The summed E-state index contributed by atoms with van der Waals surface area (Å²) in [4.78, 5) is 10.5. The number of hydrogen-bond donors (Lipinski definition) is 0. The first-order valence-electron chi connectivity index (χ1n) is 2.95. The first-order chi connectivity index (χ1) is 5.27. The highest BCUT2D eigenvalue weighted by molar-refractivity contribution is 9.10. The topological polar surface area (TPSA) is 30.2 Å². The number of benzene rings is 1. The van der Waals surface area contributed by atoms with E-state index in [2.05, 4.69) is 15.9 Å². The van der Waals surface area contributed by atoms with Gasteiger partial charge < -0.3 is 4.42 Å². The van der Waals surface area contributed by atoms with Crippen LogP contribution in [0.4, 0.5) is 0 Å². The second-order valence-electron chi connectivity index (χ2n) is 2.02. The Kier molecular flexibility index (Phi) is 1.58. The molecule has 0 saturated carbocycles. The maximum absolute atomic E-state index is 10.8. The van der Waals surface area contributed by atoms with Crippen molar-refractivity contribution >= 4 is 37.5 Å². The van der Waals surface area contributed by atoms with Gasteiger partial charge in [-0.15, -0.1) is 0 Å². The summed E-state index contributed by atoms with van der Waals surface area (Å²) < 4.78 is 6.66. The van der Waals surface area contributed by atoms with Crippen LogP contribution in [0.15, 0.2) is 31.9 Å². The van der Waals surface area contributed by atoms with Crippen molar-refractivity contribution in [3.63, 3.8) is 0 Å². The number of fused-ring (bicyclic) bond motifs is 1. The van der Waals surface area contributed by atoms with Gasteiger partial charge >= 0.3 is 4.94 Å². The molecule has 0 amide bonds. The van der Waals surface area contributed by atoms with E-state index < -0.39 is 0 Å². The van der Waals surface area contributed by atoms with Gasteiger partial charge in [-0.1, -0.05) is 17.4 Å². The highest BCUT2D eigenvalue weighted by Gasteiger charge is 2.03. The van der Waals surface area contributed by atoms with Crippen LogP contribution in [-0.2, 0) is 0 Å². The summed E-state index contributed by atoms with van der Waals surface area (Å²) in [6.45, 7) is 0. The maximum atomic E-state index is 10.8. The van der Waals surface area contributed by atoms with E-state index in [-0.39, 0.29) is 4.94 Å². The highest BCUT2D eigenvalue weighted by Crippen LogP contribution is 2.25. The molecule has 2 nitrogen and oxygen atoms in total. The molecule has 1 aromatic heterocycles. The molecule has 0 aliphatic rings. The van der Waals surface area contributed by atoms with Crippen LogP contribution in [0.2, 0.25) is 0 Å². The van der Waals surface area contributed by atoms with Crippen LogP contribution in [0.25, 0.3) is 10.3 Å². The maximum Gasteiger partial charge on any atom is 0.396 e. The van der Waals surface area contributed by atoms with Gasteiger partial charge in [0.2, 0.25) is 0 Å². The first kappa shape index (κ1) is 7.06. The third-order valence-corrected chi connectivity index (χ3v) is 3.11. The van der Waals surface area contributed by atoms with Gasteiger partial charge in [0.25, 0.3) is 0 Å². The third kappa shape index (κ3) is 1.12. The van der Waals surface area contributed by atoms with Crippen molar-refractivity contribution < 1.29 is 4.42 Å². The van der Waals surface area contributed by atoms with Gasteiger partial charge in [-0.25, -0.2) is 4.79 Å². The Labute approximate surface area is 74.6 Å². The summed E-state index contributed by atoms with van der Waals surface area (Å²) in [5.74, 6) is 0. The summed E-state index contributed by atoms with van der Waals surface area (Å²) >= 11 is 4.43. The van der Waals surface area contributed by atoms with Crippen LogP contribution in [0.1, 0.15) is 0 Å². The second kappa shape index (κ2) is 2.46. The predicted octanol–water partition coefficient (Wildman–Crippen LogP) is 2.62. The summed E-state index contributed by atoms with van der Waals surface area (Å²) in [6.07, 6.45) is 0.